The van der Waals surface area contributed by atoms with E-state index in [1.165, 1.54) is 44.9 Å². The minimum Gasteiger partial charge on any atom is -0.377 e. The van der Waals surface area contributed by atoms with Crippen LogP contribution in [0.1, 0.15) is 51.9 Å². The van der Waals surface area contributed by atoms with Crippen LogP contribution in [0.2, 0.25) is 0 Å². The summed E-state index contributed by atoms with van der Waals surface area (Å²) in [5.41, 5.74) is 0. The quantitative estimate of drug-likeness (QED) is 0.699. The van der Waals surface area contributed by atoms with E-state index in [4.69, 9.17) is 4.74 Å². The smallest absolute Gasteiger partial charge is 0.0671 e. The van der Waals surface area contributed by atoms with Crippen molar-refractivity contribution in [2.75, 3.05) is 13.2 Å². The molecule has 0 aromatic heterocycles. The van der Waals surface area contributed by atoms with Gasteiger partial charge in [-0.15, -0.1) is 0 Å². The molecular formula is C13H25NO. The predicted molar refractivity (Wildman–Crippen MR) is 63.0 cm³/mol. The summed E-state index contributed by atoms with van der Waals surface area (Å²) in [6.45, 7) is 4.20. The van der Waals surface area contributed by atoms with Gasteiger partial charge in [0.25, 0.3) is 0 Å². The monoisotopic (exact) mass is 211 g/mol. The Morgan fingerprint density at radius 3 is 2.60 bits per heavy atom. The number of nitrogens with one attached hydrogen (secondary N) is 1. The molecule has 2 fully saturated rings. The molecule has 2 rings (SSSR count). The molecule has 0 aromatic rings. The molecule has 1 unspecified atom stereocenters. The van der Waals surface area contributed by atoms with Gasteiger partial charge in [0, 0.05) is 19.2 Å². The van der Waals surface area contributed by atoms with E-state index in [-0.39, 0.29) is 0 Å². The van der Waals surface area contributed by atoms with Crippen molar-refractivity contribution in [2.24, 2.45) is 5.92 Å². The molecule has 0 heterocycles. The maximum absolute atomic E-state index is 5.79. The molecule has 15 heavy (non-hydrogen) atoms. The number of rotatable bonds is 7. The van der Waals surface area contributed by atoms with Crippen LogP contribution in [0.25, 0.3) is 0 Å². The fourth-order valence-electron chi connectivity index (χ4n) is 2.36. The van der Waals surface area contributed by atoms with Crippen LogP contribution in [0, 0.1) is 5.92 Å². The van der Waals surface area contributed by atoms with Crippen LogP contribution >= 0.6 is 0 Å². The SMILES string of the molecule is CC(CNC1CCCC1)OCCC1CC1. The van der Waals surface area contributed by atoms with E-state index in [1.807, 2.05) is 0 Å². The molecule has 2 saturated carbocycles. The van der Waals surface area contributed by atoms with Crippen molar-refractivity contribution in [3.8, 4) is 0 Å². The van der Waals surface area contributed by atoms with Crippen molar-refractivity contribution in [1.82, 2.24) is 5.32 Å². The van der Waals surface area contributed by atoms with Crippen molar-refractivity contribution >= 4 is 0 Å². The van der Waals surface area contributed by atoms with Crippen molar-refractivity contribution in [1.29, 1.82) is 0 Å². The third kappa shape index (κ3) is 4.52. The fourth-order valence-corrected chi connectivity index (χ4v) is 2.36. The van der Waals surface area contributed by atoms with Gasteiger partial charge in [0.05, 0.1) is 6.10 Å². The van der Waals surface area contributed by atoms with Crippen LogP contribution in [-0.4, -0.2) is 25.3 Å². The standard InChI is InChI=1S/C13H25NO/c1-11(15-9-8-12-6-7-12)10-14-13-4-2-3-5-13/h11-14H,2-10H2,1H3. The van der Waals surface area contributed by atoms with E-state index in [0.29, 0.717) is 6.10 Å². The first-order valence-corrected chi connectivity index (χ1v) is 6.69. The fraction of sp³-hybridized carbons (Fsp3) is 1.00. The van der Waals surface area contributed by atoms with Gasteiger partial charge in [0.1, 0.15) is 0 Å². The van der Waals surface area contributed by atoms with Gasteiger partial charge in [-0.05, 0) is 32.1 Å². The Balaban J connectivity index is 1.45. The minimum absolute atomic E-state index is 0.393. The zero-order valence-electron chi connectivity index (χ0n) is 10.0. The summed E-state index contributed by atoms with van der Waals surface area (Å²) in [7, 11) is 0. The van der Waals surface area contributed by atoms with Crippen LogP contribution in [0.3, 0.4) is 0 Å². The maximum Gasteiger partial charge on any atom is 0.0671 e. The highest BCUT2D eigenvalue weighted by atomic mass is 16.5. The molecule has 0 radical (unpaired) electrons. The van der Waals surface area contributed by atoms with Gasteiger partial charge >= 0.3 is 0 Å². The van der Waals surface area contributed by atoms with Gasteiger partial charge in [-0.1, -0.05) is 25.7 Å². The largest absolute Gasteiger partial charge is 0.377 e. The average molecular weight is 211 g/mol. The van der Waals surface area contributed by atoms with E-state index in [9.17, 15) is 0 Å². The third-order valence-electron chi connectivity index (χ3n) is 3.67. The molecule has 88 valence electrons. The van der Waals surface area contributed by atoms with Gasteiger partial charge in [0.15, 0.2) is 0 Å². The molecule has 0 aromatic carbocycles. The summed E-state index contributed by atoms with van der Waals surface area (Å²) >= 11 is 0. The number of ether oxygens (including phenoxy) is 1. The Kier molecular flexibility index (Phi) is 4.45. The highest BCUT2D eigenvalue weighted by Crippen LogP contribution is 2.32. The Hall–Kier alpha value is -0.0800. The Morgan fingerprint density at radius 2 is 1.93 bits per heavy atom. The summed E-state index contributed by atoms with van der Waals surface area (Å²) in [6, 6.07) is 0.777. The van der Waals surface area contributed by atoms with Crippen molar-refractivity contribution in [2.45, 2.75) is 64.0 Å². The third-order valence-corrected chi connectivity index (χ3v) is 3.67. The predicted octanol–water partition coefficient (Wildman–Crippen LogP) is 2.72. The van der Waals surface area contributed by atoms with Crippen molar-refractivity contribution in [3.63, 3.8) is 0 Å². The molecule has 0 saturated heterocycles. The maximum atomic E-state index is 5.79. The molecule has 2 heteroatoms. The van der Waals surface area contributed by atoms with Gasteiger partial charge in [-0.25, -0.2) is 0 Å². The molecule has 0 bridgehead atoms. The molecule has 0 aliphatic heterocycles. The van der Waals surface area contributed by atoms with Gasteiger partial charge < -0.3 is 10.1 Å². The van der Waals surface area contributed by atoms with E-state index in [0.717, 1.165) is 25.1 Å². The lowest BCUT2D eigenvalue weighted by molar-refractivity contribution is 0.0599. The van der Waals surface area contributed by atoms with Crippen LogP contribution < -0.4 is 5.32 Å². The molecule has 1 atom stereocenters. The first-order chi connectivity index (χ1) is 7.34. The van der Waals surface area contributed by atoms with Crippen LogP contribution in [0.15, 0.2) is 0 Å². The summed E-state index contributed by atoms with van der Waals surface area (Å²) in [6.07, 6.45) is 10.1. The zero-order chi connectivity index (χ0) is 10.5. The van der Waals surface area contributed by atoms with E-state index in [1.54, 1.807) is 0 Å². The summed E-state index contributed by atoms with van der Waals surface area (Å²) in [5, 5.41) is 3.61. The van der Waals surface area contributed by atoms with E-state index in [2.05, 4.69) is 12.2 Å². The van der Waals surface area contributed by atoms with E-state index < -0.39 is 0 Å². The highest BCUT2D eigenvalue weighted by Gasteiger charge is 2.21. The average Bonchev–Trinajstić information content (AvgIpc) is 2.91. The second-order valence-electron chi connectivity index (χ2n) is 5.30. The zero-order valence-corrected chi connectivity index (χ0v) is 10.0. The molecule has 0 spiro atoms. The van der Waals surface area contributed by atoms with Gasteiger partial charge in [-0.3, -0.25) is 0 Å². The Bertz CT molecular complexity index is 173. The van der Waals surface area contributed by atoms with Crippen LogP contribution in [0.5, 0.6) is 0 Å². The summed E-state index contributed by atoms with van der Waals surface area (Å²) < 4.78 is 5.79. The second-order valence-corrected chi connectivity index (χ2v) is 5.30. The number of hydrogen-bond acceptors (Lipinski definition) is 2. The lowest BCUT2D eigenvalue weighted by Gasteiger charge is -2.17. The lowest BCUT2D eigenvalue weighted by atomic mass is 10.2. The summed E-state index contributed by atoms with van der Waals surface area (Å²) in [4.78, 5) is 0. The van der Waals surface area contributed by atoms with Gasteiger partial charge in [0.2, 0.25) is 0 Å². The Labute approximate surface area is 93.8 Å². The number of hydrogen-bond donors (Lipinski definition) is 1. The Morgan fingerprint density at radius 1 is 1.20 bits per heavy atom. The molecule has 2 nitrogen and oxygen atoms in total. The lowest BCUT2D eigenvalue weighted by Crippen LogP contribution is -2.34. The first-order valence-electron chi connectivity index (χ1n) is 6.69. The van der Waals surface area contributed by atoms with Crippen molar-refractivity contribution in [3.05, 3.63) is 0 Å². The summed E-state index contributed by atoms with van der Waals surface area (Å²) in [5.74, 6) is 1.000. The first kappa shape index (κ1) is 11.4. The van der Waals surface area contributed by atoms with Crippen LogP contribution in [0.4, 0.5) is 0 Å². The molecule has 1 N–H and O–H groups in total. The second kappa shape index (κ2) is 5.86. The highest BCUT2D eigenvalue weighted by molar-refractivity contribution is 4.75. The van der Waals surface area contributed by atoms with Gasteiger partial charge in [-0.2, -0.15) is 0 Å². The van der Waals surface area contributed by atoms with E-state index >= 15 is 0 Å². The molecule has 0 amide bonds. The van der Waals surface area contributed by atoms with Crippen molar-refractivity contribution < 1.29 is 4.74 Å². The topological polar surface area (TPSA) is 21.3 Å². The molecule has 2 aliphatic carbocycles. The van der Waals surface area contributed by atoms with Crippen LogP contribution in [-0.2, 0) is 4.74 Å². The minimum atomic E-state index is 0.393. The molecular weight excluding hydrogens is 186 g/mol. The normalized spacial score (nSPS) is 24.6. The molecule has 2 aliphatic rings.